The summed E-state index contributed by atoms with van der Waals surface area (Å²) in [6.07, 6.45) is 5.89. The minimum atomic E-state index is -0.0952. The zero-order valence-corrected chi connectivity index (χ0v) is 14.4. The predicted octanol–water partition coefficient (Wildman–Crippen LogP) is 2.46. The number of phenols is 1. The molecule has 2 aromatic heterocycles. The zero-order chi connectivity index (χ0) is 17.9. The molecular weight excluding hydrogens is 332 g/mol. The summed E-state index contributed by atoms with van der Waals surface area (Å²) in [4.78, 5) is 8.93. The lowest BCUT2D eigenvalue weighted by atomic mass is 10.1. The van der Waals surface area contributed by atoms with E-state index in [1.54, 1.807) is 24.7 Å². The largest absolute Gasteiger partial charge is 0.508 e. The van der Waals surface area contributed by atoms with Gasteiger partial charge in [-0.25, -0.2) is 9.97 Å². The van der Waals surface area contributed by atoms with Gasteiger partial charge in [0, 0.05) is 12.7 Å². The van der Waals surface area contributed by atoms with E-state index in [9.17, 15) is 10.2 Å². The van der Waals surface area contributed by atoms with Gasteiger partial charge in [0.15, 0.2) is 5.82 Å². The molecule has 0 aliphatic carbocycles. The van der Waals surface area contributed by atoms with Gasteiger partial charge in [-0.1, -0.05) is 12.1 Å². The highest BCUT2D eigenvalue weighted by molar-refractivity contribution is 5.85. The molecule has 1 aliphatic rings. The van der Waals surface area contributed by atoms with Crippen molar-refractivity contribution in [2.24, 2.45) is 0 Å². The van der Waals surface area contributed by atoms with E-state index in [0.29, 0.717) is 0 Å². The third kappa shape index (κ3) is 3.36. The van der Waals surface area contributed by atoms with Gasteiger partial charge in [-0.05, 0) is 43.0 Å². The molecule has 26 heavy (non-hydrogen) atoms. The number of ether oxygens (including phenoxy) is 1. The van der Waals surface area contributed by atoms with E-state index in [-0.39, 0.29) is 24.7 Å². The lowest BCUT2D eigenvalue weighted by molar-refractivity contribution is -0.0204. The average Bonchev–Trinajstić information content (AvgIpc) is 3.30. The van der Waals surface area contributed by atoms with E-state index in [2.05, 4.69) is 15.3 Å². The number of pyridine rings is 1. The van der Waals surface area contributed by atoms with Gasteiger partial charge >= 0.3 is 0 Å². The van der Waals surface area contributed by atoms with E-state index < -0.39 is 0 Å². The highest BCUT2D eigenvalue weighted by Gasteiger charge is 2.27. The number of aliphatic hydroxyl groups excluding tert-OH is 1. The van der Waals surface area contributed by atoms with Crippen LogP contribution in [0.3, 0.4) is 0 Å². The Morgan fingerprint density at radius 2 is 2.00 bits per heavy atom. The van der Waals surface area contributed by atoms with Crippen LogP contribution in [0.15, 0.2) is 42.9 Å². The maximum absolute atomic E-state index is 9.34. The number of hydrogen-bond donors (Lipinski definition) is 3. The van der Waals surface area contributed by atoms with Crippen molar-refractivity contribution in [1.29, 1.82) is 0 Å². The number of phenolic OH excluding ortho intramolecular Hbond substituents is 1. The number of rotatable bonds is 6. The lowest BCUT2D eigenvalue weighted by Gasteiger charge is -2.14. The molecule has 3 aromatic rings. The van der Waals surface area contributed by atoms with Crippen molar-refractivity contribution in [2.75, 3.05) is 18.5 Å². The van der Waals surface area contributed by atoms with Crippen LogP contribution in [0, 0.1) is 0 Å². The van der Waals surface area contributed by atoms with Gasteiger partial charge in [0.25, 0.3) is 0 Å². The van der Waals surface area contributed by atoms with Gasteiger partial charge in [0.05, 0.1) is 24.6 Å². The fraction of sp³-hybridized carbons (Fsp3) is 0.368. The first-order chi connectivity index (χ1) is 12.7. The van der Waals surface area contributed by atoms with Crippen molar-refractivity contribution in [3.05, 3.63) is 48.4 Å². The van der Waals surface area contributed by atoms with Gasteiger partial charge in [0.2, 0.25) is 0 Å². The second-order valence-electron chi connectivity index (χ2n) is 6.50. The summed E-state index contributed by atoms with van der Waals surface area (Å²) in [6, 6.07) is 9.14. The number of anilines is 1. The Kier molecular flexibility index (Phi) is 4.73. The summed E-state index contributed by atoms with van der Waals surface area (Å²) >= 11 is 0. The van der Waals surface area contributed by atoms with Crippen molar-refractivity contribution in [1.82, 2.24) is 14.5 Å². The molecule has 0 amide bonds. The van der Waals surface area contributed by atoms with Crippen LogP contribution in [0.1, 0.15) is 24.6 Å². The summed E-state index contributed by atoms with van der Waals surface area (Å²) in [6.45, 7) is 0.769. The molecule has 1 fully saturated rings. The molecule has 1 saturated heterocycles. The third-order valence-corrected chi connectivity index (χ3v) is 4.73. The molecule has 0 saturated carbocycles. The first kappa shape index (κ1) is 16.8. The van der Waals surface area contributed by atoms with Crippen LogP contribution >= 0.6 is 0 Å². The summed E-state index contributed by atoms with van der Waals surface area (Å²) in [5.41, 5.74) is 2.92. The van der Waals surface area contributed by atoms with Gasteiger partial charge in [-0.3, -0.25) is 0 Å². The Bertz CT molecular complexity index is 878. The first-order valence-corrected chi connectivity index (χ1v) is 8.84. The topological polar surface area (TPSA) is 92.4 Å². The van der Waals surface area contributed by atoms with E-state index in [1.807, 2.05) is 22.8 Å². The number of hydrogen-bond acceptors (Lipinski definition) is 6. The number of aliphatic hydroxyl groups is 1. The fourth-order valence-corrected chi connectivity index (χ4v) is 3.33. The zero-order valence-electron chi connectivity index (χ0n) is 14.4. The number of aromatic hydroxyl groups is 1. The number of imidazole rings is 1. The van der Waals surface area contributed by atoms with E-state index in [4.69, 9.17) is 4.74 Å². The van der Waals surface area contributed by atoms with Crippen LogP contribution in [0.5, 0.6) is 5.75 Å². The quantitative estimate of drug-likeness (QED) is 0.630. The Hall–Kier alpha value is -2.64. The predicted molar refractivity (Wildman–Crippen MR) is 98.1 cm³/mol. The Balaban J connectivity index is 1.47. The van der Waals surface area contributed by atoms with Crippen LogP contribution in [0.4, 0.5) is 5.82 Å². The number of nitrogens with one attached hydrogen (secondary N) is 1. The smallest absolute Gasteiger partial charge is 0.154 e. The second kappa shape index (κ2) is 7.31. The van der Waals surface area contributed by atoms with Crippen molar-refractivity contribution in [3.8, 4) is 5.75 Å². The molecule has 1 aliphatic heterocycles. The molecule has 7 heteroatoms. The lowest BCUT2D eigenvalue weighted by Crippen LogP contribution is -2.13. The third-order valence-electron chi connectivity index (χ3n) is 4.73. The van der Waals surface area contributed by atoms with Crippen molar-refractivity contribution >= 4 is 16.9 Å². The fourth-order valence-electron chi connectivity index (χ4n) is 3.33. The summed E-state index contributed by atoms with van der Waals surface area (Å²) in [7, 11) is 0. The summed E-state index contributed by atoms with van der Waals surface area (Å²) in [5, 5.41) is 21.9. The van der Waals surface area contributed by atoms with E-state index >= 15 is 0 Å². The number of fused-ring (bicyclic) bond motifs is 1. The molecule has 3 heterocycles. The molecule has 4 rings (SSSR count). The Labute approximate surface area is 151 Å². The van der Waals surface area contributed by atoms with Crippen LogP contribution in [-0.2, 0) is 11.2 Å². The van der Waals surface area contributed by atoms with E-state index in [1.165, 1.54) is 0 Å². The van der Waals surface area contributed by atoms with Crippen molar-refractivity contribution < 1.29 is 14.9 Å². The average molecular weight is 354 g/mol. The van der Waals surface area contributed by atoms with Crippen molar-refractivity contribution in [3.63, 3.8) is 0 Å². The normalized spacial score (nSPS) is 19.9. The molecule has 3 N–H and O–H groups in total. The van der Waals surface area contributed by atoms with E-state index in [0.717, 1.165) is 48.2 Å². The Morgan fingerprint density at radius 1 is 1.15 bits per heavy atom. The maximum Gasteiger partial charge on any atom is 0.154 e. The highest BCUT2D eigenvalue weighted by atomic mass is 16.5. The highest BCUT2D eigenvalue weighted by Crippen LogP contribution is 2.31. The number of nitrogens with zero attached hydrogens (tertiary/aromatic N) is 3. The molecule has 1 aromatic carbocycles. The molecule has 0 bridgehead atoms. The molecular formula is C19H22N4O3. The Morgan fingerprint density at radius 3 is 2.77 bits per heavy atom. The monoisotopic (exact) mass is 354 g/mol. The second-order valence-corrected chi connectivity index (χ2v) is 6.50. The molecule has 2 unspecified atom stereocenters. The number of aromatic nitrogens is 3. The van der Waals surface area contributed by atoms with Gasteiger partial charge in [0.1, 0.15) is 17.5 Å². The minimum absolute atomic E-state index is 0.0503. The molecule has 0 radical (unpaired) electrons. The van der Waals surface area contributed by atoms with Gasteiger partial charge < -0.3 is 24.8 Å². The van der Waals surface area contributed by atoms with Crippen LogP contribution in [-0.4, -0.2) is 44.0 Å². The van der Waals surface area contributed by atoms with Gasteiger partial charge in [-0.2, -0.15) is 0 Å². The molecule has 2 atom stereocenters. The van der Waals surface area contributed by atoms with Crippen LogP contribution in [0.25, 0.3) is 11.0 Å². The first-order valence-electron chi connectivity index (χ1n) is 8.84. The minimum Gasteiger partial charge on any atom is -0.508 e. The summed E-state index contributed by atoms with van der Waals surface area (Å²) in [5.74, 6) is 1.02. The maximum atomic E-state index is 9.34. The number of benzene rings is 1. The SMILES string of the molecule is OCC1CCC(n2cnc3c(NCCc4ccc(O)cc4)nccc32)O1. The van der Waals surface area contributed by atoms with Crippen LogP contribution in [0.2, 0.25) is 0 Å². The van der Waals surface area contributed by atoms with Crippen molar-refractivity contribution in [2.45, 2.75) is 31.6 Å². The van der Waals surface area contributed by atoms with Crippen LogP contribution < -0.4 is 5.32 Å². The van der Waals surface area contributed by atoms with Gasteiger partial charge in [-0.15, -0.1) is 0 Å². The summed E-state index contributed by atoms with van der Waals surface area (Å²) < 4.78 is 7.88. The molecule has 7 nitrogen and oxygen atoms in total. The molecule has 0 spiro atoms. The molecule has 136 valence electrons. The standard InChI is InChI=1S/C19H22N4O3/c24-11-15-5-6-17(26-15)23-12-22-18-16(23)8-10-21-19(18)20-9-7-13-1-3-14(25)4-2-13/h1-4,8,10,12,15,17,24-25H,5-7,9,11H2,(H,20,21).